The minimum atomic E-state index is -3.70. The van der Waals surface area contributed by atoms with Crippen LogP contribution in [0.4, 0.5) is 0 Å². The molecule has 0 N–H and O–H groups in total. The molecule has 0 saturated carbocycles. The number of benzene rings is 1. The Morgan fingerprint density at radius 3 is 2.48 bits per heavy atom. The molecule has 7 nitrogen and oxygen atoms in total. The average Bonchev–Trinajstić information content (AvgIpc) is 3.02. The number of carbonyl (C=O) groups excluding carboxylic acids is 1. The van der Waals surface area contributed by atoms with Crippen molar-refractivity contribution in [2.24, 2.45) is 31.8 Å². The number of rotatable bonds is 5. The summed E-state index contributed by atoms with van der Waals surface area (Å²) in [5, 5.41) is 0. The number of hydrogen-bond donors (Lipinski definition) is 0. The predicted octanol–water partition coefficient (Wildman–Crippen LogP) is 0.259. The number of fused-ring (bicyclic) bond motifs is 2. The molecule has 2 bridgehead atoms. The van der Waals surface area contributed by atoms with Crippen LogP contribution in [0.3, 0.4) is 0 Å². The first-order valence-corrected chi connectivity index (χ1v) is 12.6. The molecule has 31 heavy (non-hydrogen) atoms. The van der Waals surface area contributed by atoms with Gasteiger partial charge in [0.25, 0.3) is 0 Å². The highest BCUT2D eigenvalue weighted by Crippen LogP contribution is 2.45. The molecule has 2 aromatic rings. The van der Waals surface area contributed by atoms with E-state index < -0.39 is 17.3 Å². The van der Waals surface area contributed by atoms with Crippen molar-refractivity contribution in [1.29, 1.82) is 0 Å². The number of aromatic nitrogens is 2. The zero-order valence-corrected chi connectivity index (χ0v) is 20.0. The van der Waals surface area contributed by atoms with Gasteiger partial charge in [0.15, 0.2) is 0 Å². The van der Waals surface area contributed by atoms with Crippen molar-refractivity contribution in [3.05, 3.63) is 42.2 Å². The molecule has 0 radical (unpaired) electrons. The summed E-state index contributed by atoms with van der Waals surface area (Å²) in [6.07, 6.45) is 4.02. The molecule has 3 heterocycles. The van der Waals surface area contributed by atoms with Crippen LogP contribution in [0.1, 0.15) is 19.4 Å². The standard InChI is InChI=1S/C22H32BN3O4S/c1-14(2)17-12-26(31(28,29)16-8-6-15(3)7-9-16)18-13-30-21(27)19(17)20(18)23-22-24(4)10-11-25(22)5/h6-11,14,17-20H,12-13,23H2,1-5H3. The minimum Gasteiger partial charge on any atom is -0.464 e. The van der Waals surface area contributed by atoms with Crippen LogP contribution in [0, 0.1) is 24.7 Å². The van der Waals surface area contributed by atoms with Crippen molar-refractivity contribution in [3.8, 4) is 0 Å². The fraction of sp³-hybridized carbons (Fsp3) is 0.545. The molecule has 2 aliphatic heterocycles. The van der Waals surface area contributed by atoms with Crippen molar-refractivity contribution in [3.63, 3.8) is 0 Å². The monoisotopic (exact) mass is 445 g/mol. The lowest BCUT2D eigenvalue weighted by Gasteiger charge is -2.53. The molecule has 2 fully saturated rings. The van der Waals surface area contributed by atoms with Crippen LogP contribution >= 0.6 is 0 Å². The summed E-state index contributed by atoms with van der Waals surface area (Å²) >= 11 is 0. The number of esters is 1. The summed E-state index contributed by atoms with van der Waals surface area (Å²) < 4.78 is 38.8. The summed E-state index contributed by atoms with van der Waals surface area (Å²) in [7, 11) is -0.497. The average molecular weight is 445 g/mol. The first kappa shape index (κ1) is 22.1. The van der Waals surface area contributed by atoms with E-state index in [0.29, 0.717) is 11.4 Å². The van der Waals surface area contributed by atoms with E-state index in [1.807, 2.05) is 45.5 Å². The summed E-state index contributed by atoms with van der Waals surface area (Å²) in [6, 6.07) is 6.70. The molecule has 4 atom stereocenters. The summed E-state index contributed by atoms with van der Waals surface area (Å²) in [5.74, 6) is -0.319. The van der Waals surface area contributed by atoms with Gasteiger partial charge in [0.1, 0.15) is 19.0 Å². The molecule has 1 aromatic heterocycles. The quantitative estimate of drug-likeness (QED) is 0.376. The Kier molecular flexibility index (Phi) is 5.77. The van der Waals surface area contributed by atoms with Crippen LogP contribution in [0.5, 0.6) is 0 Å². The molecule has 1 aromatic carbocycles. The van der Waals surface area contributed by atoms with Crippen LogP contribution < -0.4 is 10.3 Å². The number of piperidine rings is 1. The minimum absolute atomic E-state index is 0.0116. The molecule has 0 amide bonds. The van der Waals surface area contributed by atoms with Crippen molar-refractivity contribution >= 4 is 29.0 Å². The number of sulfonamides is 1. The number of carbonyl (C=O) groups is 1. The van der Waals surface area contributed by atoms with Gasteiger partial charge >= 0.3 is 5.97 Å². The van der Waals surface area contributed by atoms with Gasteiger partial charge in [-0.15, -0.1) is 5.82 Å². The third-order valence-corrected chi connectivity index (χ3v) is 9.58. The number of imidazole rings is 1. The maximum atomic E-state index is 13.7. The number of aryl methyl sites for hydroxylation is 3. The van der Waals surface area contributed by atoms with Crippen molar-refractivity contribution in [2.75, 3.05) is 13.2 Å². The maximum absolute atomic E-state index is 13.7. The lowest BCUT2D eigenvalue weighted by atomic mass is 9.50. The second-order valence-corrected chi connectivity index (χ2v) is 11.6. The largest absolute Gasteiger partial charge is 0.464 e. The van der Waals surface area contributed by atoms with Gasteiger partial charge in [-0.2, -0.15) is 4.31 Å². The molecular formula is C22H32BN3O4S. The van der Waals surface area contributed by atoms with Gasteiger partial charge in [0.2, 0.25) is 10.0 Å². The fourth-order valence-corrected chi connectivity index (χ4v) is 7.45. The van der Waals surface area contributed by atoms with Gasteiger partial charge in [-0.1, -0.05) is 31.5 Å². The Labute approximate surface area is 185 Å². The Hall–Kier alpha value is -2.13. The normalized spacial score (nSPS) is 26.8. The molecule has 4 rings (SSSR count). The van der Waals surface area contributed by atoms with E-state index in [4.69, 9.17) is 4.74 Å². The molecule has 2 saturated heterocycles. The van der Waals surface area contributed by atoms with E-state index in [0.717, 1.165) is 5.56 Å². The maximum Gasteiger partial charge on any atom is 0.306 e. The van der Waals surface area contributed by atoms with Gasteiger partial charge in [-0.3, -0.25) is 13.9 Å². The molecule has 9 heteroatoms. The molecule has 0 aliphatic carbocycles. The summed E-state index contributed by atoms with van der Waals surface area (Å²) in [4.78, 5) is 13.2. The smallest absolute Gasteiger partial charge is 0.306 e. The van der Waals surface area contributed by atoms with Crippen LogP contribution in [-0.2, 0) is 33.7 Å². The van der Waals surface area contributed by atoms with Gasteiger partial charge in [-0.05, 0) is 30.9 Å². The van der Waals surface area contributed by atoms with Crippen LogP contribution in [0.15, 0.2) is 41.6 Å². The molecule has 168 valence electrons. The van der Waals surface area contributed by atoms with E-state index in [-0.39, 0.29) is 42.2 Å². The molecular weight excluding hydrogens is 413 g/mol. The van der Waals surface area contributed by atoms with E-state index in [2.05, 4.69) is 23.0 Å². The van der Waals surface area contributed by atoms with Crippen LogP contribution in [0.25, 0.3) is 0 Å². The Bertz CT molecular complexity index is 1060. The number of hydrogen-bond acceptors (Lipinski definition) is 4. The van der Waals surface area contributed by atoms with E-state index >= 15 is 0 Å². The predicted molar refractivity (Wildman–Crippen MR) is 120 cm³/mol. The molecule has 0 spiro atoms. The van der Waals surface area contributed by atoms with Crippen molar-refractivity contribution < 1.29 is 22.5 Å². The van der Waals surface area contributed by atoms with Crippen LogP contribution in [-0.4, -0.2) is 49.7 Å². The lowest BCUT2D eigenvalue weighted by molar-refractivity contribution is -0.653. The SMILES string of the molecule is Cc1ccc(S(=O)(=O)N2CC(C(C)C)C3C(=O)OCC2C3[BH2-]c2n(C)cc[n+]2C)cc1. The molecule has 2 aliphatic rings. The first-order valence-electron chi connectivity index (χ1n) is 11.2. The number of ether oxygens (including phenoxy) is 1. The summed E-state index contributed by atoms with van der Waals surface area (Å²) in [5.41, 5.74) is 2.21. The van der Waals surface area contributed by atoms with Gasteiger partial charge in [-0.25, -0.2) is 8.42 Å². The summed E-state index contributed by atoms with van der Waals surface area (Å²) in [6.45, 7) is 6.58. The zero-order valence-electron chi connectivity index (χ0n) is 19.1. The van der Waals surface area contributed by atoms with Gasteiger partial charge < -0.3 is 4.74 Å². The third kappa shape index (κ3) is 3.82. The second-order valence-electron chi connectivity index (χ2n) is 9.73. The topological polar surface area (TPSA) is 72.5 Å². The Balaban J connectivity index is 1.78. The highest BCUT2D eigenvalue weighted by molar-refractivity contribution is 7.89. The first-order chi connectivity index (χ1) is 14.6. The van der Waals surface area contributed by atoms with Crippen molar-refractivity contribution in [2.45, 2.75) is 37.5 Å². The van der Waals surface area contributed by atoms with E-state index in [1.165, 1.54) is 5.72 Å². The highest BCUT2D eigenvalue weighted by Gasteiger charge is 2.52. The fourth-order valence-electron chi connectivity index (χ4n) is 5.73. The molecule has 4 unspecified atom stereocenters. The second kappa shape index (κ2) is 8.09. The van der Waals surface area contributed by atoms with E-state index in [9.17, 15) is 13.2 Å². The van der Waals surface area contributed by atoms with Crippen molar-refractivity contribution in [1.82, 2.24) is 8.87 Å². The third-order valence-electron chi connectivity index (χ3n) is 7.67. The Morgan fingerprint density at radius 1 is 1.23 bits per heavy atom. The van der Waals surface area contributed by atoms with Gasteiger partial charge in [0, 0.05) is 18.5 Å². The lowest BCUT2D eigenvalue weighted by Crippen LogP contribution is -2.64. The van der Waals surface area contributed by atoms with E-state index in [1.54, 1.807) is 16.4 Å². The number of nitrogens with zero attached hydrogens (tertiary/aromatic N) is 3. The zero-order chi connectivity index (χ0) is 22.5. The Morgan fingerprint density at radius 2 is 1.90 bits per heavy atom. The van der Waals surface area contributed by atoms with Gasteiger partial charge in [0.05, 0.1) is 32.0 Å². The number of cyclic esters (lactones) is 1. The van der Waals surface area contributed by atoms with Crippen LogP contribution in [0.2, 0.25) is 5.82 Å². The highest BCUT2D eigenvalue weighted by atomic mass is 32.2.